The van der Waals surface area contributed by atoms with Gasteiger partial charge in [-0.1, -0.05) is 6.92 Å². The SMILES string of the molecule is CCNC(=O)c1cnn(-c2ccc(F)cc2)c1CC. The summed E-state index contributed by atoms with van der Waals surface area (Å²) in [5.41, 5.74) is 2.13. The standard InChI is InChI=1S/C14H16FN3O/c1-3-13-12(14(19)16-4-2)9-17-18(13)11-7-5-10(15)6-8-11/h5-9H,3-4H2,1-2H3,(H,16,19). The average molecular weight is 261 g/mol. The van der Waals surface area contributed by atoms with Crippen LogP contribution in [0.3, 0.4) is 0 Å². The third kappa shape index (κ3) is 2.65. The second-order valence-corrected chi connectivity index (χ2v) is 4.11. The molecular formula is C14H16FN3O. The minimum absolute atomic E-state index is 0.132. The van der Waals surface area contributed by atoms with Crippen molar-refractivity contribution in [2.75, 3.05) is 6.54 Å². The van der Waals surface area contributed by atoms with E-state index in [0.717, 1.165) is 11.4 Å². The van der Waals surface area contributed by atoms with Gasteiger partial charge in [0, 0.05) is 6.54 Å². The zero-order valence-corrected chi connectivity index (χ0v) is 11.0. The highest BCUT2D eigenvalue weighted by molar-refractivity contribution is 5.95. The van der Waals surface area contributed by atoms with Gasteiger partial charge >= 0.3 is 0 Å². The second-order valence-electron chi connectivity index (χ2n) is 4.11. The molecule has 4 nitrogen and oxygen atoms in total. The molecule has 2 aromatic rings. The molecule has 0 spiro atoms. The topological polar surface area (TPSA) is 46.9 Å². The van der Waals surface area contributed by atoms with E-state index in [0.29, 0.717) is 18.5 Å². The summed E-state index contributed by atoms with van der Waals surface area (Å²) in [5.74, 6) is -0.425. The molecule has 1 aromatic heterocycles. The normalized spacial score (nSPS) is 10.5. The highest BCUT2D eigenvalue weighted by atomic mass is 19.1. The molecule has 5 heteroatoms. The lowest BCUT2D eigenvalue weighted by atomic mass is 10.2. The summed E-state index contributed by atoms with van der Waals surface area (Å²) >= 11 is 0. The number of carbonyl (C=O) groups is 1. The van der Waals surface area contributed by atoms with E-state index in [1.54, 1.807) is 23.0 Å². The average Bonchev–Trinajstić information content (AvgIpc) is 2.83. The Bertz CT molecular complexity index is 575. The third-order valence-electron chi connectivity index (χ3n) is 2.86. The zero-order chi connectivity index (χ0) is 13.8. The van der Waals surface area contributed by atoms with E-state index in [1.165, 1.54) is 12.1 Å². The minimum atomic E-state index is -0.294. The van der Waals surface area contributed by atoms with Crippen LogP contribution < -0.4 is 5.32 Å². The Morgan fingerprint density at radius 3 is 2.58 bits per heavy atom. The maximum Gasteiger partial charge on any atom is 0.254 e. The van der Waals surface area contributed by atoms with Crippen molar-refractivity contribution in [3.8, 4) is 5.69 Å². The Morgan fingerprint density at radius 1 is 1.32 bits per heavy atom. The number of rotatable bonds is 4. The van der Waals surface area contributed by atoms with Gasteiger partial charge in [-0.3, -0.25) is 4.79 Å². The number of nitrogens with one attached hydrogen (secondary N) is 1. The molecule has 0 bridgehead atoms. The van der Waals surface area contributed by atoms with Crippen LogP contribution in [0, 0.1) is 5.82 Å². The lowest BCUT2D eigenvalue weighted by molar-refractivity contribution is 0.0955. The molecule has 0 aliphatic carbocycles. The fraction of sp³-hybridized carbons (Fsp3) is 0.286. The number of hydrogen-bond acceptors (Lipinski definition) is 2. The van der Waals surface area contributed by atoms with Gasteiger partial charge < -0.3 is 5.32 Å². The van der Waals surface area contributed by atoms with Crippen molar-refractivity contribution in [3.63, 3.8) is 0 Å². The molecule has 0 aliphatic rings. The molecular weight excluding hydrogens is 245 g/mol. The predicted octanol–water partition coefficient (Wildman–Crippen LogP) is 2.32. The molecule has 0 aliphatic heterocycles. The van der Waals surface area contributed by atoms with Crippen LogP contribution in [-0.2, 0) is 6.42 Å². The summed E-state index contributed by atoms with van der Waals surface area (Å²) in [5, 5.41) is 6.98. The molecule has 0 radical (unpaired) electrons. The molecule has 1 amide bonds. The number of amides is 1. The first-order chi connectivity index (χ1) is 9.17. The molecule has 1 aromatic carbocycles. The summed E-state index contributed by atoms with van der Waals surface area (Å²) in [6, 6.07) is 6.04. The van der Waals surface area contributed by atoms with E-state index in [9.17, 15) is 9.18 Å². The van der Waals surface area contributed by atoms with Crippen LogP contribution in [0.1, 0.15) is 29.9 Å². The van der Waals surface area contributed by atoms with Gasteiger partial charge in [-0.15, -0.1) is 0 Å². The zero-order valence-electron chi connectivity index (χ0n) is 11.0. The van der Waals surface area contributed by atoms with Crippen LogP contribution >= 0.6 is 0 Å². The third-order valence-corrected chi connectivity index (χ3v) is 2.86. The summed E-state index contributed by atoms with van der Waals surface area (Å²) in [6.45, 7) is 4.40. The maximum absolute atomic E-state index is 12.9. The van der Waals surface area contributed by atoms with Crippen LogP contribution in [0.5, 0.6) is 0 Å². The maximum atomic E-state index is 12.9. The first kappa shape index (κ1) is 13.3. The number of benzene rings is 1. The van der Waals surface area contributed by atoms with E-state index < -0.39 is 0 Å². The molecule has 0 saturated heterocycles. The Balaban J connectivity index is 2.42. The van der Waals surface area contributed by atoms with Gasteiger partial charge in [0.2, 0.25) is 0 Å². The summed E-state index contributed by atoms with van der Waals surface area (Å²) < 4.78 is 14.6. The number of hydrogen-bond donors (Lipinski definition) is 1. The monoisotopic (exact) mass is 261 g/mol. The minimum Gasteiger partial charge on any atom is -0.352 e. The predicted molar refractivity (Wildman–Crippen MR) is 70.9 cm³/mol. The van der Waals surface area contributed by atoms with Gasteiger partial charge in [-0.2, -0.15) is 5.10 Å². The van der Waals surface area contributed by atoms with Crippen molar-refractivity contribution < 1.29 is 9.18 Å². The van der Waals surface area contributed by atoms with Gasteiger partial charge in [-0.25, -0.2) is 9.07 Å². The number of halogens is 1. The van der Waals surface area contributed by atoms with E-state index in [2.05, 4.69) is 10.4 Å². The fourth-order valence-corrected chi connectivity index (χ4v) is 1.96. The van der Waals surface area contributed by atoms with Gasteiger partial charge in [0.25, 0.3) is 5.91 Å². The van der Waals surface area contributed by atoms with Crippen molar-refractivity contribution in [2.24, 2.45) is 0 Å². The van der Waals surface area contributed by atoms with Crippen molar-refractivity contribution in [3.05, 3.63) is 47.5 Å². The Morgan fingerprint density at radius 2 is 2.00 bits per heavy atom. The summed E-state index contributed by atoms with van der Waals surface area (Å²) in [4.78, 5) is 11.9. The van der Waals surface area contributed by atoms with Gasteiger partial charge in [-0.05, 0) is 37.6 Å². The Hall–Kier alpha value is -2.17. The van der Waals surface area contributed by atoms with Crippen LogP contribution in [0.15, 0.2) is 30.5 Å². The van der Waals surface area contributed by atoms with E-state index >= 15 is 0 Å². The van der Waals surface area contributed by atoms with Crippen molar-refractivity contribution in [2.45, 2.75) is 20.3 Å². The number of nitrogens with zero attached hydrogens (tertiary/aromatic N) is 2. The molecule has 0 fully saturated rings. The van der Waals surface area contributed by atoms with Crippen LogP contribution in [0.25, 0.3) is 5.69 Å². The van der Waals surface area contributed by atoms with Crippen molar-refractivity contribution >= 4 is 5.91 Å². The van der Waals surface area contributed by atoms with Crippen LogP contribution in [0.4, 0.5) is 4.39 Å². The second kappa shape index (κ2) is 5.65. The van der Waals surface area contributed by atoms with Gasteiger partial charge in [0.15, 0.2) is 0 Å². The molecule has 1 N–H and O–H groups in total. The Kier molecular flexibility index (Phi) is 3.94. The lowest BCUT2D eigenvalue weighted by Gasteiger charge is -2.07. The van der Waals surface area contributed by atoms with Crippen LogP contribution in [0.2, 0.25) is 0 Å². The number of aromatic nitrogens is 2. The summed E-state index contributed by atoms with van der Waals surface area (Å²) in [7, 11) is 0. The fourth-order valence-electron chi connectivity index (χ4n) is 1.96. The quantitative estimate of drug-likeness (QED) is 0.918. The van der Waals surface area contributed by atoms with E-state index in [1.807, 2.05) is 13.8 Å². The molecule has 2 rings (SSSR count). The first-order valence-electron chi connectivity index (χ1n) is 6.28. The molecule has 0 atom stereocenters. The first-order valence-corrected chi connectivity index (χ1v) is 6.28. The smallest absolute Gasteiger partial charge is 0.254 e. The molecule has 0 unspecified atom stereocenters. The summed E-state index contributed by atoms with van der Waals surface area (Å²) in [6.07, 6.45) is 2.22. The van der Waals surface area contributed by atoms with Crippen LogP contribution in [-0.4, -0.2) is 22.2 Å². The van der Waals surface area contributed by atoms with Crippen molar-refractivity contribution in [1.82, 2.24) is 15.1 Å². The largest absolute Gasteiger partial charge is 0.352 e. The van der Waals surface area contributed by atoms with Gasteiger partial charge in [0.1, 0.15) is 5.82 Å². The molecule has 1 heterocycles. The van der Waals surface area contributed by atoms with E-state index in [4.69, 9.17) is 0 Å². The molecule has 19 heavy (non-hydrogen) atoms. The highest BCUT2D eigenvalue weighted by Gasteiger charge is 2.16. The van der Waals surface area contributed by atoms with E-state index in [-0.39, 0.29) is 11.7 Å². The van der Waals surface area contributed by atoms with Gasteiger partial charge in [0.05, 0.1) is 23.1 Å². The molecule has 0 saturated carbocycles. The highest BCUT2D eigenvalue weighted by Crippen LogP contribution is 2.16. The molecule has 100 valence electrons. The Labute approximate surface area is 111 Å². The lowest BCUT2D eigenvalue weighted by Crippen LogP contribution is -2.23. The van der Waals surface area contributed by atoms with Crippen molar-refractivity contribution in [1.29, 1.82) is 0 Å². The number of carbonyl (C=O) groups excluding carboxylic acids is 1.